The molecule has 1 atom stereocenters. The van der Waals surface area contributed by atoms with Gasteiger partial charge in [0.15, 0.2) is 0 Å². The van der Waals surface area contributed by atoms with Gasteiger partial charge >= 0.3 is 6.18 Å². The fraction of sp³-hybridized carbons (Fsp3) is 0.462. The first-order chi connectivity index (χ1) is 15.8. The molecule has 3 aliphatic heterocycles. The molecule has 3 heterocycles. The van der Waals surface area contributed by atoms with Gasteiger partial charge in [0.1, 0.15) is 5.82 Å². The van der Waals surface area contributed by atoms with Crippen molar-refractivity contribution in [1.29, 1.82) is 0 Å². The Labute approximate surface area is 196 Å². The first-order valence-corrected chi connectivity index (χ1v) is 12.5. The minimum absolute atomic E-state index is 0.327. The van der Waals surface area contributed by atoms with Gasteiger partial charge in [0.05, 0.1) is 5.56 Å². The van der Waals surface area contributed by atoms with E-state index < -0.39 is 11.7 Å². The molecule has 33 heavy (non-hydrogen) atoms. The standard InChI is InChI=1S/C26H28F4N2S/c1-16(17-6-10-31-11-7-17)32-12-8-18(9-13-32)25-21-4-3-20(27)15-24(21)33-23-5-2-19(14-22(23)25)26(28,29)30/h2-5,14-17,31H,6-13H2,1H3. The van der Waals surface area contributed by atoms with Gasteiger partial charge in [-0.2, -0.15) is 13.2 Å². The zero-order chi connectivity index (χ0) is 23.2. The molecule has 7 heteroatoms. The van der Waals surface area contributed by atoms with E-state index >= 15 is 0 Å². The molecule has 2 saturated heterocycles. The zero-order valence-corrected chi connectivity index (χ0v) is 19.5. The largest absolute Gasteiger partial charge is 0.416 e. The van der Waals surface area contributed by atoms with E-state index in [9.17, 15) is 17.6 Å². The summed E-state index contributed by atoms with van der Waals surface area (Å²) in [7, 11) is 0. The van der Waals surface area contributed by atoms with Crippen LogP contribution < -0.4 is 5.32 Å². The normalized spacial score (nSPS) is 21.0. The fourth-order valence-electron chi connectivity index (χ4n) is 5.50. The van der Waals surface area contributed by atoms with E-state index in [0.717, 1.165) is 66.0 Å². The van der Waals surface area contributed by atoms with Gasteiger partial charge < -0.3 is 5.32 Å². The third-order valence-electron chi connectivity index (χ3n) is 7.41. The summed E-state index contributed by atoms with van der Waals surface area (Å²) in [6, 6.07) is 9.08. The van der Waals surface area contributed by atoms with Crippen LogP contribution in [0.5, 0.6) is 0 Å². The third kappa shape index (κ3) is 4.60. The van der Waals surface area contributed by atoms with E-state index in [1.807, 2.05) is 0 Å². The minimum Gasteiger partial charge on any atom is -0.317 e. The lowest BCUT2D eigenvalue weighted by atomic mass is 9.85. The van der Waals surface area contributed by atoms with Crippen LogP contribution in [0.1, 0.15) is 49.3 Å². The summed E-state index contributed by atoms with van der Waals surface area (Å²) in [5.41, 5.74) is 2.89. The Balaban J connectivity index is 1.49. The topological polar surface area (TPSA) is 15.3 Å². The molecule has 2 aromatic rings. The van der Waals surface area contributed by atoms with Crippen LogP contribution in [0.15, 0.2) is 51.8 Å². The van der Waals surface area contributed by atoms with Crippen molar-refractivity contribution in [2.24, 2.45) is 5.92 Å². The summed E-state index contributed by atoms with van der Waals surface area (Å²) in [5, 5.41) is 3.43. The molecule has 0 aliphatic carbocycles. The molecule has 2 nitrogen and oxygen atoms in total. The molecule has 3 aliphatic rings. The van der Waals surface area contributed by atoms with E-state index in [1.54, 1.807) is 6.07 Å². The van der Waals surface area contributed by atoms with Gasteiger partial charge in [0.25, 0.3) is 0 Å². The average Bonchev–Trinajstić information content (AvgIpc) is 2.82. The predicted octanol–water partition coefficient (Wildman–Crippen LogP) is 6.59. The number of alkyl halides is 3. The quantitative estimate of drug-likeness (QED) is 0.420. The number of benzene rings is 2. The summed E-state index contributed by atoms with van der Waals surface area (Å²) in [4.78, 5) is 4.07. The molecule has 0 aromatic heterocycles. The van der Waals surface area contributed by atoms with E-state index in [2.05, 4.69) is 17.1 Å². The van der Waals surface area contributed by atoms with Crippen LogP contribution in [-0.2, 0) is 6.18 Å². The Morgan fingerprint density at radius 2 is 1.70 bits per heavy atom. The van der Waals surface area contributed by atoms with Crippen LogP contribution in [-0.4, -0.2) is 37.1 Å². The summed E-state index contributed by atoms with van der Waals surface area (Å²) in [5.74, 6) is 0.358. The number of likely N-dealkylation sites (tertiary alicyclic amines) is 1. The molecule has 0 amide bonds. The van der Waals surface area contributed by atoms with Crippen LogP contribution in [0.3, 0.4) is 0 Å². The maximum absolute atomic E-state index is 14.0. The maximum Gasteiger partial charge on any atom is 0.416 e. The Hall–Kier alpha value is -1.83. The number of hydrogen-bond donors (Lipinski definition) is 1. The number of fused-ring (bicyclic) bond motifs is 2. The number of piperidine rings is 2. The third-order valence-corrected chi connectivity index (χ3v) is 8.54. The van der Waals surface area contributed by atoms with Crippen molar-refractivity contribution in [3.8, 4) is 0 Å². The van der Waals surface area contributed by atoms with Crippen molar-refractivity contribution in [2.75, 3.05) is 26.2 Å². The van der Waals surface area contributed by atoms with Crippen molar-refractivity contribution < 1.29 is 17.6 Å². The van der Waals surface area contributed by atoms with Crippen molar-refractivity contribution >= 4 is 17.3 Å². The first-order valence-electron chi connectivity index (χ1n) is 11.7. The van der Waals surface area contributed by atoms with E-state index in [0.29, 0.717) is 17.5 Å². The molecular weight excluding hydrogens is 448 g/mol. The second-order valence-electron chi connectivity index (χ2n) is 9.29. The van der Waals surface area contributed by atoms with Crippen LogP contribution in [0.4, 0.5) is 17.6 Å². The molecule has 2 aromatic carbocycles. The highest BCUT2D eigenvalue weighted by Gasteiger charge is 2.34. The van der Waals surface area contributed by atoms with Crippen molar-refractivity contribution in [1.82, 2.24) is 10.2 Å². The Kier molecular flexibility index (Phi) is 6.31. The summed E-state index contributed by atoms with van der Waals surface area (Å²) < 4.78 is 54.5. The molecule has 176 valence electrons. The van der Waals surface area contributed by atoms with E-state index in [-0.39, 0.29) is 5.82 Å². The molecule has 0 bridgehead atoms. The maximum atomic E-state index is 14.0. The predicted molar refractivity (Wildman–Crippen MR) is 124 cm³/mol. The summed E-state index contributed by atoms with van der Waals surface area (Å²) in [6.45, 7) is 6.26. The smallest absolute Gasteiger partial charge is 0.317 e. The average molecular weight is 477 g/mol. The van der Waals surface area contributed by atoms with Gasteiger partial charge in [0.2, 0.25) is 0 Å². The van der Waals surface area contributed by atoms with Gasteiger partial charge in [-0.15, -0.1) is 0 Å². The van der Waals surface area contributed by atoms with Crippen molar-refractivity contribution in [3.63, 3.8) is 0 Å². The van der Waals surface area contributed by atoms with Crippen LogP contribution in [0.2, 0.25) is 0 Å². The lowest BCUT2D eigenvalue weighted by Gasteiger charge is -2.40. The molecular formula is C26H28F4N2S. The molecule has 0 saturated carbocycles. The SMILES string of the molecule is CC(C1CCNCC1)N1CCC(=C2c3ccc(F)cc3Sc3ccc(C(F)(F)F)cc32)CC1. The molecule has 5 rings (SSSR count). The number of hydrogen-bond acceptors (Lipinski definition) is 3. The summed E-state index contributed by atoms with van der Waals surface area (Å²) >= 11 is 1.35. The minimum atomic E-state index is -4.40. The molecule has 0 radical (unpaired) electrons. The molecule has 1 unspecified atom stereocenters. The lowest BCUT2D eigenvalue weighted by molar-refractivity contribution is -0.137. The Morgan fingerprint density at radius 1 is 0.970 bits per heavy atom. The fourth-order valence-corrected chi connectivity index (χ4v) is 6.59. The van der Waals surface area contributed by atoms with Crippen LogP contribution in [0, 0.1) is 11.7 Å². The van der Waals surface area contributed by atoms with E-state index in [4.69, 9.17) is 0 Å². The van der Waals surface area contributed by atoms with Gasteiger partial charge in [-0.3, -0.25) is 4.90 Å². The number of nitrogens with zero attached hydrogens (tertiary/aromatic N) is 1. The van der Waals surface area contributed by atoms with Crippen LogP contribution >= 0.6 is 11.8 Å². The molecule has 0 spiro atoms. The number of halogens is 4. The highest BCUT2D eigenvalue weighted by Crippen LogP contribution is 2.49. The number of rotatable bonds is 2. The Morgan fingerprint density at radius 3 is 2.39 bits per heavy atom. The van der Waals surface area contributed by atoms with Gasteiger partial charge in [-0.05, 0) is 98.6 Å². The second kappa shape index (κ2) is 9.08. The van der Waals surface area contributed by atoms with Crippen LogP contribution in [0.25, 0.3) is 5.57 Å². The molecule has 1 N–H and O–H groups in total. The highest BCUT2D eigenvalue weighted by molar-refractivity contribution is 7.99. The zero-order valence-electron chi connectivity index (χ0n) is 18.6. The van der Waals surface area contributed by atoms with E-state index in [1.165, 1.54) is 54.4 Å². The lowest BCUT2D eigenvalue weighted by Crippen LogP contribution is -2.45. The van der Waals surface area contributed by atoms with Crippen molar-refractivity contribution in [3.05, 3.63) is 64.5 Å². The second-order valence-corrected chi connectivity index (χ2v) is 10.4. The monoisotopic (exact) mass is 476 g/mol. The number of nitrogens with one attached hydrogen (secondary N) is 1. The first kappa shape index (κ1) is 22.9. The van der Waals surface area contributed by atoms with Gasteiger partial charge in [0, 0.05) is 28.9 Å². The molecule has 2 fully saturated rings. The van der Waals surface area contributed by atoms with Crippen molar-refractivity contribution in [2.45, 2.75) is 54.6 Å². The highest BCUT2D eigenvalue weighted by atomic mass is 32.2. The summed E-state index contributed by atoms with van der Waals surface area (Å²) in [6.07, 6.45) is -0.374. The Bertz CT molecular complexity index is 1060. The van der Waals surface area contributed by atoms with Gasteiger partial charge in [-0.25, -0.2) is 4.39 Å². The van der Waals surface area contributed by atoms with Gasteiger partial charge in [-0.1, -0.05) is 23.4 Å².